The van der Waals surface area contributed by atoms with Gasteiger partial charge in [0.25, 0.3) is 0 Å². The molecule has 0 radical (unpaired) electrons. The number of para-hydroxylation sites is 1. The van der Waals surface area contributed by atoms with Gasteiger partial charge >= 0.3 is 0 Å². The number of hydrogen-bond donors (Lipinski definition) is 1. The largest absolute Gasteiger partial charge is 0.493 e. The van der Waals surface area contributed by atoms with E-state index in [2.05, 4.69) is 23.5 Å². The van der Waals surface area contributed by atoms with Crippen LogP contribution in [0, 0.1) is 11.8 Å². The molecule has 204 valence electrons. The predicted octanol–water partition coefficient (Wildman–Crippen LogP) is 4.51. The minimum absolute atomic E-state index is 0.0361. The van der Waals surface area contributed by atoms with E-state index < -0.39 is 5.92 Å². The van der Waals surface area contributed by atoms with Crippen LogP contribution in [0.3, 0.4) is 0 Å². The van der Waals surface area contributed by atoms with Crippen LogP contribution in [0.5, 0.6) is 11.5 Å². The van der Waals surface area contributed by atoms with Gasteiger partial charge in [-0.05, 0) is 55.6 Å². The van der Waals surface area contributed by atoms with Crippen LogP contribution in [-0.4, -0.2) is 56.1 Å². The van der Waals surface area contributed by atoms with Crippen LogP contribution in [0.25, 0.3) is 0 Å². The van der Waals surface area contributed by atoms with E-state index in [4.69, 9.17) is 9.47 Å². The monoisotopic (exact) mass is 525 g/mol. The Morgan fingerprint density at radius 2 is 1.95 bits per heavy atom. The summed E-state index contributed by atoms with van der Waals surface area (Å²) in [5.74, 6) is -1.14. The third kappa shape index (κ3) is 4.47. The molecule has 7 heteroatoms. The smallest absolute Gasteiger partial charge is 0.248 e. The number of nitrogens with zero attached hydrogens (tertiary/aromatic N) is 1. The zero-order chi connectivity index (χ0) is 26.3. The Bertz CT molecular complexity index is 1160. The first-order valence-electron chi connectivity index (χ1n) is 14.3. The molecule has 3 aliphatic heterocycles. The van der Waals surface area contributed by atoms with Crippen LogP contribution in [0.1, 0.15) is 62.0 Å². The van der Waals surface area contributed by atoms with Gasteiger partial charge in [-0.2, -0.15) is 0 Å². The van der Waals surface area contributed by atoms with Gasteiger partial charge in [-0.3, -0.25) is 4.79 Å². The standard InChI is InChI=1S/C31H38F2N2O3/c1-37-27-11-5-10-24-28(27)38-16-14-30(24)20-34-19-25(30)29(36)35-15-12-22(21-7-3-2-4-8-21)17-26(35)23-9-6-13-31(32,33)18-23/h2-5,7-8,10-11,22-23,25-26,34H,6,9,12-20H2,1H3/p+1. The van der Waals surface area contributed by atoms with Gasteiger partial charge in [0.15, 0.2) is 11.5 Å². The summed E-state index contributed by atoms with van der Waals surface area (Å²) in [4.78, 5) is 16.6. The van der Waals surface area contributed by atoms with E-state index in [0.29, 0.717) is 31.9 Å². The number of halogens is 2. The maximum atomic E-state index is 14.6. The summed E-state index contributed by atoms with van der Waals surface area (Å²) in [6.07, 6.45) is 3.54. The van der Waals surface area contributed by atoms with Crippen molar-refractivity contribution in [3.8, 4) is 11.5 Å². The summed E-state index contributed by atoms with van der Waals surface area (Å²) in [6.45, 7) is 2.69. The molecule has 3 fully saturated rings. The van der Waals surface area contributed by atoms with Crippen LogP contribution in [0.2, 0.25) is 0 Å². The number of rotatable bonds is 4. The number of alkyl halides is 2. The molecular weight excluding hydrogens is 486 g/mol. The number of likely N-dealkylation sites (tertiary alicyclic amines) is 1. The normalized spacial score (nSPS) is 32.4. The van der Waals surface area contributed by atoms with Crippen molar-refractivity contribution in [3.63, 3.8) is 0 Å². The molecular formula is C31H39F2N2O3+. The van der Waals surface area contributed by atoms with Gasteiger partial charge in [0, 0.05) is 31.0 Å². The molecule has 2 aromatic rings. The van der Waals surface area contributed by atoms with E-state index in [0.717, 1.165) is 43.5 Å². The zero-order valence-electron chi connectivity index (χ0n) is 22.2. The first kappa shape index (κ1) is 25.6. The molecule has 6 rings (SSSR count). The second-order valence-electron chi connectivity index (χ2n) is 11.8. The summed E-state index contributed by atoms with van der Waals surface area (Å²) >= 11 is 0. The Balaban J connectivity index is 1.33. The lowest BCUT2D eigenvalue weighted by Gasteiger charge is -2.48. The molecule has 2 N–H and O–H groups in total. The quantitative estimate of drug-likeness (QED) is 0.639. The van der Waals surface area contributed by atoms with E-state index in [1.165, 1.54) is 5.56 Å². The minimum atomic E-state index is -2.64. The lowest BCUT2D eigenvalue weighted by molar-refractivity contribution is -0.640. The number of benzene rings is 2. The average Bonchev–Trinajstić information content (AvgIpc) is 3.36. The second-order valence-corrected chi connectivity index (χ2v) is 11.8. The molecule has 5 unspecified atom stereocenters. The Morgan fingerprint density at radius 3 is 2.74 bits per heavy atom. The van der Waals surface area contributed by atoms with Crippen molar-refractivity contribution in [3.05, 3.63) is 59.7 Å². The summed E-state index contributed by atoms with van der Waals surface area (Å²) in [6, 6.07) is 16.2. The van der Waals surface area contributed by atoms with Gasteiger partial charge in [0.1, 0.15) is 5.92 Å². The number of amides is 1. The van der Waals surface area contributed by atoms with Crippen molar-refractivity contribution >= 4 is 5.91 Å². The summed E-state index contributed by atoms with van der Waals surface area (Å²) in [7, 11) is 1.64. The number of methoxy groups -OCH3 is 1. The SMILES string of the molecule is COc1cccc2c1OCCC21C[NH2+]CC1C(=O)N1CCC(c2ccccc2)CC1C1CCCC(F)(F)C1. The van der Waals surface area contributed by atoms with Crippen LogP contribution in [0.15, 0.2) is 48.5 Å². The van der Waals surface area contributed by atoms with E-state index >= 15 is 0 Å². The van der Waals surface area contributed by atoms with E-state index in [1.54, 1.807) is 7.11 Å². The Labute approximate surface area is 223 Å². The maximum absolute atomic E-state index is 14.6. The molecule has 5 atom stereocenters. The molecule has 1 amide bonds. The molecule has 2 aromatic carbocycles. The fourth-order valence-corrected chi connectivity index (χ4v) is 7.96. The predicted molar refractivity (Wildman–Crippen MR) is 141 cm³/mol. The highest BCUT2D eigenvalue weighted by Crippen LogP contribution is 2.50. The number of carbonyl (C=O) groups is 1. The lowest BCUT2D eigenvalue weighted by atomic mass is 9.67. The minimum Gasteiger partial charge on any atom is -0.493 e. The van der Waals surface area contributed by atoms with Gasteiger partial charge in [0.05, 0.1) is 32.2 Å². The van der Waals surface area contributed by atoms with Crippen LogP contribution < -0.4 is 14.8 Å². The van der Waals surface area contributed by atoms with Gasteiger partial charge < -0.3 is 19.7 Å². The van der Waals surface area contributed by atoms with Crippen molar-refractivity contribution in [2.24, 2.45) is 11.8 Å². The maximum Gasteiger partial charge on any atom is 0.248 e. The highest BCUT2D eigenvalue weighted by molar-refractivity contribution is 5.82. The lowest BCUT2D eigenvalue weighted by Crippen LogP contribution is -2.82. The van der Waals surface area contributed by atoms with Crippen LogP contribution in [0.4, 0.5) is 8.78 Å². The first-order chi connectivity index (χ1) is 18.4. The number of nitrogens with two attached hydrogens (primary N) is 1. The third-order valence-electron chi connectivity index (χ3n) is 9.83. The Morgan fingerprint density at radius 1 is 1.11 bits per heavy atom. The van der Waals surface area contributed by atoms with Gasteiger partial charge in [-0.15, -0.1) is 0 Å². The molecule has 1 saturated carbocycles. The summed E-state index contributed by atoms with van der Waals surface area (Å²) in [5.41, 5.74) is 1.97. The van der Waals surface area contributed by atoms with Crippen LogP contribution in [-0.2, 0) is 10.2 Å². The molecule has 2 saturated heterocycles. The molecule has 38 heavy (non-hydrogen) atoms. The summed E-state index contributed by atoms with van der Waals surface area (Å²) < 4.78 is 41.0. The highest BCUT2D eigenvalue weighted by Gasteiger charge is 2.56. The number of carbonyl (C=O) groups excluding carboxylic acids is 1. The van der Waals surface area contributed by atoms with Crippen molar-refractivity contribution in [1.82, 2.24) is 4.90 Å². The van der Waals surface area contributed by atoms with Crippen molar-refractivity contribution in [2.45, 2.75) is 68.2 Å². The first-order valence-corrected chi connectivity index (χ1v) is 14.3. The Hall–Kier alpha value is -2.67. The molecule has 0 bridgehead atoms. The molecule has 4 aliphatic rings. The van der Waals surface area contributed by atoms with Gasteiger partial charge in [0.2, 0.25) is 11.8 Å². The molecule has 1 spiro atoms. The average molecular weight is 526 g/mol. The van der Waals surface area contributed by atoms with E-state index in [-0.39, 0.29) is 48.0 Å². The number of piperidine rings is 1. The summed E-state index contributed by atoms with van der Waals surface area (Å²) in [5, 5.41) is 2.25. The third-order valence-corrected chi connectivity index (χ3v) is 9.83. The van der Waals surface area contributed by atoms with Crippen molar-refractivity contribution < 1.29 is 28.4 Å². The zero-order valence-corrected chi connectivity index (χ0v) is 22.2. The number of fused-ring (bicyclic) bond motifs is 2. The topological polar surface area (TPSA) is 55.4 Å². The highest BCUT2D eigenvalue weighted by atomic mass is 19.3. The molecule has 3 heterocycles. The molecule has 1 aliphatic carbocycles. The number of quaternary nitrogens is 1. The van der Waals surface area contributed by atoms with E-state index in [9.17, 15) is 13.6 Å². The number of hydrogen-bond acceptors (Lipinski definition) is 3. The van der Waals surface area contributed by atoms with Crippen molar-refractivity contribution in [2.75, 3.05) is 33.4 Å². The fraction of sp³-hybridized carbons (Fsp3) is 0.581. The van der Waals surface area contributed by atoms with Gasteiger partial charge in [-0.25, -0.2) is 8.78 Å². The Kier molecular flexibility index (Phi) is 6.83. The number of ether oxygens (including phenoxy) is 2. The second kappa shape index (κ2) is 10.1. The van der Waals surface area contributed by atoms with Gasteiger partial charge in [-0.1, -0.05) is 42.5 Å². The fourth-order valence-electron chi connectivity index (χ4n) is 7.96. The molecule has 5 nitrogen and oxygen atoms in total. The van der Waals surface area contributed by atoms with Crippen molar-refractivity contribution in [1.29, 1.82) is 0 Å². The van der Waals surface area contributed by atoms with E-state index in [1.807, 2.05) is 35.2 Å². The molecule has 0 aromatic heterocycles. The van der Waals surface area contributed by atoms with Crippen LogP contribution >= 0.6 is 0 Å².